The van der Waals surface area contributed by atoms with Crippen LogP contribution in [0.5, 0.6) is 5.75 Å². The minimum absolute atomic E-state index is 0.0824. The summed E-state index contributed by atoms with van der Waals surface area (Å²) < 4.78 is 55.9. The fraction of sp³-hybridized carbons (Fsp3) is 0.579. The molecule has 1 nitrogen and oxygen atoms in total. The van der Waals surface area contributed by atoms with Crippen LogP contribution in [0, 0.1) is 17.6 Å². The van der Waals surface area contributed by atoms with Crippen LogP contribution < -0.4 is 4.74 Å². The second kappa shape index (κ2) is 9.09. The molecule has 0 N–H and O–H groups in total. The standard InChI is InChI=1S/C19H24F4O/c1-2-3-4-5-6-13-7-9-14(10-8-13)15-11-16(20)18(17(21)12-15)24-19(22)23/h2,11-14,19H,1,3-10H2/t13-,14-. The number of unbranched alkanes of at least 4 members (excludes halogenated alkanes) is 2. The Bertz CT molecular complexity index is 513. The maximum atomic E-state index is 13.8. The molecule has 0 aromatic heterocycles. The third kappa shape index (κ3) is 5.25. The highest BCUT2D eigenvalue weighted by atomic mass is 19.3. The molecule has 1 aliphatic rings. The van der Waals surface area contributed by atoms with Crippen LogP contribution in [0.3, 0.4) is 0 Å². The van der Waals surface area contributed by atoms with E-state index in [1.54, 1.807) is 0 Å². The lowest BCUT2D eigenvalue weighted by atomic mass is 9.77. The van der Waals surface area contributed by atoms with Crippen LogP contribution in [-0.2, 0) is 0 Å². The van der Waals surface area contributed by atoms with Crippen LogP contribution in [0.25, 0.3) is 0 Å². The van der Waals surface area contributed by atoms with E-state index in [0.29, 0.717) is 11.5 Å². The van der Waals surface area contributed by atoms with Crippen molar-refractivity contribution in [2.45, 2.75) is 63.9 Å². The summed E-state index contributed by atoms with van der Waals surface area (Å²) in [5.41, 5.74) is 0.539. The quantitative estimate of drug-likeness (QED) is 0.294. The molecule has 1 aromatic carbocycles. The van der Waals surface area contributed by atoms with Crippen molar-refractivity contribution in [2.24, 2.45) is 5.92 Å². The third-order valence-electron chi connectivity index (χ3n) is 4.82. The average molecular weight is 344 g/mol. The number of halogens is 4. The van der Waals surface area contributed by atoms with Gasteiger partial charge in [-0.15, -0.1) is 6.58 Å². The highest BCUT2D eigenvalue weighted by Gasteiger charge is 2.25. The minimum atomic E-state index is -3.24. The topological polar surface area (TPSA) is 9.23 Å². The van der Waals surface area contributed by atoms with Crippen LogP contribution in [0.4, 0.5) is 17.6 Å². The summed E-state index contributed by atoms with van der Waals surface area (Å²) in [5.74, 6) is -2.36. The van der Waals surface area contributed by atoms with Crippen molar-refractivity contribution < 1.29 is 22.3 Å². The molecule has 0 spiro atoms. The summed E-state index contributed by atoms with van der Waals surface area (Å²) in [5, 5.41) is 0. The molecule has 0 saturated heterocycles. The molecule has 0 aliphatic heterocycles. The molecule has 0 heterocycles. The largest absolute Gasteiger partial charge is 0.429 e. The monoisotopic (exact) mass is 344 g/mol. The Kier molecular flexibility index (Phi) is 7.13. The Balaban J connectivity index is 1.91. The SMILES string of the molecule is C=CCCCC[C@H]1CC[C@H](c2cc(F)c(OC(F)F)c(F)c2)CC1. The molecule has 0 bridgehead atoms. The molecular formula is C19H24F4O. The van der Waals surface area contributed by atoms with Crippen molar-refractivity contribution in [3.05, 3.63) is 42.0 Å². The first kappa shape index (κ1) is 18.8. The fourth-order valence-corrected chi connectivity index (χ4v) is 3.52. The summed E-state index contributed by atoms with van der Waals surface area (Å²) in [6, 6.07) is 2.27. The maximum absolute atomic E-state index is 13.8. The molecule has 0 unspecified atom stereocenters. The number of hydrogen-bond donors (Lipinski definition) is 0. The minimum Gasteiger partial charge on any atom is -0.429 e. The average Bonchev–Trinajstić information content (AvgIpc) is 2.55. The van der Waals surface area contributed by atoms with Gasteiger partial charge in [0.1, 0.15) is 0 Å². The summed E-state index contributed by atoms with van der Waals surface area (Å²) in [4.78, 5) is 0. The number of hydrogen-bond acceptors (Lipinski definition) is 1. The van der Waals surface area contributed by atoms with Crippen molar-refractivity contribution in [2.75, 3.05) is 0 Å². The molecule has 0 radical (unpaired) electrons. The van der Waals surface area contributed by atoms with Gasteiger partial charge < -0.3 is 4.74 Å². The normalized spacial score (nSPS) is 21.0. The predicted molar refractivity (Wildman–Crippen MR) is 86.4 cm³/mol. The molecule has 5 heteroatoms. The zero-order valence-corrected chi connectivity index (χ0v) is 13.7. The van der Waals surface area contributed by atoms with Gasteiger partial charge in [-0.05, 0) is 68.1 Å². The number of alkyl halides is 2. The van der Waals surface area contributed by atoms with E-state index in [4.69, 9.17) is 0 Å². The molecule has 134 valence electrons. The van der Waals surface area contributed by atoms with Crippen molar-refractivity contribution in [1.82, 2.24) is 0 Å². The lowest BCUT2D eigenvalue weighted by molar-refractivity contribution is -0.0546. The Labute approximate surface area is 140 Å². The first-order valence-electron chi connectivity index (χ1n) is 8.56. The second-order valence-corrected chi connectivity index (χ2v) is 6.48. The van der Waals surface area contributed by atoms with Gasteiger partial charge in [-0.1, -0.05) is 18.9 Å². The lowest BCUT2D eigenvalue weighted by Gasteiger charge is -2.29. The van der Waals surface area contributed by atoms with Gasteiger partial charge in [0.25, 0.3) is 0 Å². The Morgan fingerprint density at radius 2 is 1.71 bits per heavy atom. The van der Waals surface area contributed by atoms with Gasteiger partial charge in [0.2, 0.25) is 0 Å². The van der Waals surface area contributed by atoms with Gasteiger partial charge >= 0.3 is 6.61 Å². The van der Waals surface area contributed by atoms with Crippen molar-refractivity contribution in [3.8, 4) is 5.75 Å². The molecule has 1 saturated carbocycles. The van der Waals surface area contributed by atoms with Gasteiger partial charge in [0.15, 0.2) is 17.4 Å². The molecule has 0 atom stereocenters. The van der Waals surface area contributed by atoms with E-state index in [-0.39, 0.29) is 5.92 Å². The zero-order chi connectivity index (χ0) is 17.5. The number of allylic oxidation sites excluding steroid dienone is 1. The second-order valence-electron chi connectivity index (χ2n) is 6.48. The Morgan fingerprint density at radius 1 is 1.08 bits per heavy atom. The van der Waals surface area contributed by atoms with Gasteiger partial charge in [-0.2, -0.15) is 8.78 Å². The lowest BCUT2D eigenvalue weighted by Crippen LogP contribution is -2.14. The zero-order valence-electron chi connectivity index (χ0n) is 13.7. The smallest absolute Gasteiger partial charge is 0.387 e. The summed E-state index contributed by atoms with van der Waals surface area (Å²) in [6.07, 6.45) is 10.3. The molecule has 0 amide bonds. The van der Waals surface area contributed by atoms with Crippen molar-refractivity contribution in [3.63, 3.8) is 0 Å². The van der Waals surface area contributed by atoms with Crippen molar-refractivity contribution >= 4 is 0 Å². The highest BCUT2D eigenvalue weighted by molar-refractivity contribution is 5.33. The fourth-order valence-electron chi connectivity index (χ4n) is 3.52. The van der Waals surface area contributed by atoms with Crippen molar-refractivity contribution in [1.29, 1.82) is 0 Å². The Hall–Kier alpha value is -1.52. The van der Waals surface area contributed by atoms with Crippen LogP contribution >= 0.6 is 0 Å². The summed E-state index contributed by atoms with van der Waals surface area (Å²) >= 11 is 0. The molecule has 1 aliphatic carbocycles. The van der Waals surface area contributed by atoms with Gasteiger partial charge in [0.05, 0.1) is 0 Å². The molecule has 2 rings (SSSR count). The van der Waals surface area contributed by atoms with E-state index in [1.165, 1.54) is 12.8 Å². The van der Waals surface area contributed by atoms with E-state index in [2.05, 4.69) is 11.3 Å². The first-order chi connectivity index (χ1) is 11.5. The van der Waals surface area contributed by atoms with Crippen LogP contribution in [0.15, 0.2) is 24.8 Å². The predicted octanol–water partition coefficient (Wildman–Crippen LogP) is 6.59. The Morgan fingerprint density at radius 3 is 2.25 bits per heavy atom. The molecule has 24 heavy (non-hydrogen) atoms. The number of rotatable bonds is 8. The number of benzene rings is 1. The van der Waals surface area contributed by atoms with Gasteiger partial charge in [-0.25, -0.2) is 8.78 Å². The molecular weight excluding hydrogens is 320 g/mol. The highest BCUT2D eigenvalue weighted by Crippen LogP contribution is 2.39. The third-order valence-corrected chi connectivity index (χ3v) is 4.82. The van der Waals surface area contributed by atoms with E-state index < -0.39 is 24.0 Å². The summed E-state index contributed by atoms with van der Waals surface area (Å²) in [7, 11) is 0. The van der Waals surface area contributed by atoms with E-state index in [1.807, 2.05) is 6.08 Å². The van der Waals surface area contributed by atoms with Crippen LogP contribution in [-0.4, -0.2) is 6.61 Å². The van der Waals surface area contributed by atoms with Gasteiger partial charge in [-0.3, -0.25) is 0 Å². The molecule has 1 aromatic rings. The molecule has 1 fully saturated rings. The van der Waals surface area contributed by atoms with Gasteiger partial charge in [0, 0.05) is 0 Å². The van der Waals surface area contributed by atoms with E-state index in [9.17, 15) is 17.6 Å². The van der Waals surface area contributed by atoms with Crippen LogP contribution in [0.2, 0.25) is 0 Å². The van der Waals surface area contributed by atoms with Crippen LogP contribution in [0.1, 0.15) is 62.8 Å². The summed E-state index contributed by atoms with van der Waals surface area (Å²) in [6.45, 7) is 0.473. The first-order valence-corrected chi connectivity index (χ1v) is 8.56. The van der Waals surface area contributed by atoms with E-state index >= 15 is 0 Å². The van der Waals surface area contributed by atoms with E-state index in [0.717, 1.165) is 50.7 Å². The maximum Gasteiger partial charge on any atom is 0.387 e. The number of ether oxygens (including phenoxy) is 1.